The molecule has 2 fully saturated rings. The average Bonchev–Trinajstić information content (AvgIpc) is 3.35. The fraction of sp³-hybridized carbons (Fsp3) is 0.579. The zero-order valence-electron chi connectivity index (χ0n) is 15.3. The van der Waals surface area contributed by atoms with Crippen LogP contribution < -0.4 is 0 Å². The van der Waals surface area contributed by atoms with Crippen LogP contribution in [0, 0.1) is 19.8 Å². The molecule has 26 heavy (non-hydrogen) atoms. The van der Waals surface area contributed by atoms with E-state index < -0.39 is 10.0 Å². The van der Waals surface area contributed by atoms with Gasteiger partial charge in [0, 0.05) is 25.4 Å². The molecular weight excluding hydrogens is 350 g/mol. The highest BCUT2D eigenvalue weighted by Crippen LogP contribution is 2.38. The van der Waals surface area contributed by atoms with Crippen LogP contribution in [0.25, 0.3) is 0 Å². The molecule has 2 aliphatic rings. The third kappa shape index (κ3) is 3.55. The molecule has 140 valence electrons. The van der Waals surface area contributed by atoms with Crippen molar-refractivity contribution in [3.05, 3.63) is 41.0 Å². The molecule has 2 aromatic rings. The lowest BCUT2D eigenvalue weighted by Gasteiger charge is -2.31. The summed E-state index contributed by atoms with van der Waals surface area (Å²) < 4.78 is 33.2. The maximum Gasteiger partial charge on any atom is 0.243 e. The van der Waals surface area contributed by atoms with Crippen LogP contribution in [0.1, 0.15) is 54.4 Å². The van der Waals surface area contributed by atoms with Gasteiger partial charge in [-0.2, -0.15) is 9.29 Å². The molecule has 6 nitrogen and oxygen atoms in total. The number of hydrogen-bond donors (Lipinski definition) is 0. The molecule has 1 atom stereocenters. The summed E-state index contributed by atoms with van der Waals surface area (Å²) in [6.07, 6.45) is 4.78. The van der Waals surface area contributed by atoms with E-state index in [2.05, 4.69) is 10.1 Å². The molecule has 2 heterocycles. The van der Waals surface area contributed by atoms with E-state index in [0.717, 1.165) is 42.6 Å². The van der Waals surface area contributed by atoms with Gasteiger partial charge in [-0.05, 0) is 57.1 Å². The first-order chi connectivity index (χ1) is 12.4. The van der Waals surface area contributed by atoms with Gasteiger partial charge in [0.15, 0.2) is 5.82 Å². The second kappa shape index (κ2) is 6.78. The van der Waals surface area contributed by atoms with E-state index in [1.807, 2.05) is 26.0 Å². The van der Waals surface area contributed by atoms with E-state index in [1.54, 1.807) is 10.4 Å². The number of benzene rings is 1. The molecule has 7 heteroatoms. The van der Waals surface area contributed by atoms with Gasteiger partial charge in [-0.1, -0.05) is 22.9 Å². The van der Waals surface area contributed by atoms with Crippen molar-refractivity contribution in [2.24, 2.45) is 5.92 Å². The van der Waals surface area contributed by atoms with Crippen molar-refractivity contribution < 1.29 is 12.9 Å². The highest BCUT2D eigenvalue weighted by molar-refractivity contribution is 7.89. The van der Waals surface area contributed by atoms with Gasteiger partial charge >= 0.3 is 0 Å². The number of nitrogens with zero attached hydrogens (tertiary/aromatic N) is 3. The Kier molecular flexibility index (Phi) is 4.61. The normalized spacial score (nSPS) is 21.8. The van der Waals surface area contributed by atoms with Crippen LogP contribution in [0.5, 0.6) is 0 Å². The molecule has 1 saturated carbocycles. The zero-order valence-corrected chi connectivity index (χ0v) is 16.1. The van der Waals surface area contributed by atoms with Gasteiger partial charge in [0.2, 0.25) is 15.9 Å². The number of hydrogen-bond acceptors (Lipinski definition) is 5. The standard InChI is InChI=1S/C19H25N3O3S/c1-13-5-8-17(14(2)10-13)26(23,24)22-9-3-4-15(12-22)11-18-20-19(21-25-18)16-6-7-16/h5,8,10,15-16H,3-4,6-7,9,11-12H2,1-2H3. The van der Waals surface area contributed by atoms with Crippen LogP contribution in [-0.4, -0.2) is 36.0 Å². The summed E-state index contributed by atoms with van der Waals surface area (Å²) in [5.41, 5.74) is 1.87. The minimum atomic E-state index is -3.47. The number of aryl methyl sites for hydroxylation is 2. The van der Waals surface area contributed by atoms with Gasteiger partial charge in [-0.3, -0.25) is 0 Å². The first-order valence-electron chi connectivity index (χ1n) is 9.33. The minimum Gasteiger partial charge on any atom is -0.339 e. The topological polar surface area (TPSA) is 76.3 Å². The lowest BCUT2D eigenvalue weighted by atomic mass is 9.96. The van der Waals surface area contributed by atoms with E-state index in [9.17, 15) is 8.42 Å². The first kappa shape index (κ1) is 17.7. The predicted molar refractivity (Wildman–Crippen MR) is 97.4 cm³/mol. The quantitative estimate of drug-likeness (QED) is 0.802. The molecule has 0 radical (unpaired) electrons. The van der Waals surface area contributed by atoms with E-state index in [4.69, 9.17) is 4.52 Å². The summed E-state index contributed by atoms with van der Waals surface area (Å²) in [5, 5.41) is 4.06. The predicted octanol–water partition coefficient (Wildman–Crippen LogP) is 3.21. The Bertz CT molecular complexity index is 903. The molecule has 0 bridgehead atoms. The Morgan fingerprint density at radius 1 is 1.23 bits per heavy atom. The number of piperidine rings is 1. The van der Waals surface area contributed by atoms with E-state index in [-0.39, 0.29) is 5.92 Å². The number of sulfonamides is 1. The van der Waals surface area contributed by atoms with Crippen LogP contribution in [0.3, 0.4) is 0 Å². The number of aromatic nitrogens is 2. The second-order valence-corrected chi connectivity index (χ2v) is 9.57. The van der Waals surface area contributed by atoms with E-state index in [0.29, 0.717) is 36.2 Å². The van der Waals surface area contributed by atoms with Gasteiger partial charge in [0.1, 0.15) is 0 Å². The van der Waals surface area contributed by atoms with Crippen molar-refractivity contribution in [2.45, 2.75) is 56.8 Å². The smallest absolute Gasteiger partial charge is 0.243 e. The SMILES string of the molecule is Cc1ccc(S(=O)(=O)N2CCCC(Cc3nc(C4CC4)no3)C2)c(C)c1. The third-order valence-electron chi connectivity index (χ3n) is 5.32. The highest BCUT2D eigenvalue weighted by Gasteiger charge is 2.33. The molecule has 0 amide bonds. The lowest BCUT2D eigenvalue weighted by Crippen LogP contribution is -2.40. The largest absolute Gasteiger partial charge is 0.339 e. The zero-order chi connectivity index (χ0) is 18.3. The Morgan fingerprint density at radius 2 is 2.04 bits per heavy atom. The lowest BCUT2D eigenvalue weighted by molar-refractivity contribution is 0.246. The van der Waals surface area contributed by atoms with Crippen molar-refractivity contribution in [3.63, 3.8) is 0 Å². The van der Waals surface area contributed by atoms with Crippen LogP contribution in [0.4, 0.5) is 0 Å². The summed E-state index contributed by atoms with van der Waals surface area (Å²) in [5.74, 6) is 2.15. The average molecular weight is 375 g/mol. The van der Waals surface area contributed by atoms with Gasteiger partial charge in [0.25, 0.3) is 0 Å². The molecule has 1 aromatic carbocycles. The Labute approximate surface area is 154 Å². The molecule has 1 aromatic heterocycles. The molecule has 0 N–H and O–H groups in total. The molecule has 1 unspecified atom stereocenters. The minimum absolute atomic E-state index is 0.219. The van der Waals surface area contributed by atoms with Gasteiger partial charge in [0.05, 0.1) is 4.90 Å². The fourth-order valence-corrected chi connectivity index (χ4v) is 5.51. The van der Waals surface area contributed by atoms with Crippen LogP contribution in [-0.2, 0) is 16.4 Å². The summed E-state index contributed by atoms with van der Waals surface area (Å²) in [6, 6.07) is 5.51. The second-order valence-electron chi connectivity index (χ2n) is 7.66. The number of rotatable bonds is 5. The Hall–Kier alpha value is -1.73. The van der Waals surface area contributed by atoms with Gasteiger partial charge in [-0.25, -0.2) is 8.42 Å². The van der Waals surface area contributed by atoms with Crippen LogP contribution in [0.2, 0.25) is 0 Å². The van der Waals surface area contributed by atoms with Crippen LogP contribution in [0.15, 0.2) is 27.6 Å². The molecule has 0 spiro atoms. The highest BCUT2D eigenvalue weighted by atomic mass is 32.2. The van der Waals surface area contributed by atoms with Crippen molar-refractivity contribution in [2.75, 3.05) is 13.1 Å². The maximum atomic E-state index is 13.1. The molecular formula is C19H25N3O3S. The van der Waals surface area contributed by atoms with Crippen LogP contribution >= 0.6 is 0 Å². The molecule has 1 saturated heterocycles. The molecule has 4 rings (SSSR count). The van der Waals surface area contributed by atoms with Crippen molar-refractivity contribution in [3.8, 4) is 0 Å². The summed E-state index contributed by atoms with van der Waals surface area (Å²) in [7, 11) is -3.47. The van der Waals surface area contributed by atoms with Crippen molar-refractivity contribution in [1.29, 1.82) is 0 Å². The Balaban J connectivity index is 1.48. The van der Waals surface area contributed by atoms with Crippen molar-refractivity contribution >= 4 is 10.0 Å². The third-order valence-corrected chi connectivity index (χ3v) is 7.34. The summed E-state index contributed by atoms with van der Waals surface area (Å²) in [4.78, 5) is 4.90. The molecule has 1 aliphatic carbocycles. The van der Waals surface area contributed by atoms with Crippen molar-refractivity contribution in [1.82, 2.24) is 14.4 Å². The summed E-state index contributed by atoms with van der Waals surface area (Å²) >= 11 is 0. The Morgan fingerprint density at radius 3 is 2.77 bits per heavy atom. The van der Waals surface area contributed by atoms with Gasteiger partial charge in [-0.15, -0.1) is 0 Å². The summed E-state index contributed by atoms with van der Waals surface area (Å²) in [6.45, 7) is 4.92. The van der Waals surface area contributed by atoms with E-state index >= 15 is 0 Å². The van der Waals surface area contributed by atoms with Gasteiger partial charge < -0.3 is 4.52 Å². The van der Waals surface area contributed by atoms with E-state index in [1.165, 1.54) is 0 Å². The molecule has 1 aliphatic heterocycles. The first-order valence-corrected chi connectivity index (χ1v) is 10.8. The maximum absolute atomic E-state index is 13.1. The monoisotopic (exact) mass is 375 g/mol. The fourth-order valence-electron chi connectivity index (χ4n) is 3.74.